The molecular weight excluding hydrogens is 252 g/mol. The van der Waals surface area contributed by atoms with Crippen molar-refractivity contribution >= 4 is 5.97 Å². The van der Waals surface area contributed by atoms with E-state index in [9.17, 15) is 4.79 Å². The van der Waals surface area contributed by atoms with Crippen LogP contribution in [0.15, 0.2) is 48.5 Å². The van der Waals surface area contributed by atoms with E-state index in [0.717, 1.165) is 23.3 Å². The number of esters is 1. The molecule has 0 bridgehead atoms. The van der Waals surface area contributed by atoms with E-state index in [-0.39, 0.29) is 5.97 Å². The molecule has 2 rings (SSSR count). The Morgan fingerprint density at radius 2 is 1.90 bits per heavy atom. The minimum Gasteiger partial charge on any atom is -0.496 e. The van der Waals surface area contributed by atoms with Crippen LogP contribution < -0.4 is 9.47 Å². The van der Waals surface area contributed by atoms with Crippen molar-refractivity contribution < 1.29 is 14.3 Å². The predicted molar refractivity (Wildman–Crippen MR) is 78.2 cm³/mol. The van der Waals surface area contributed by atoms with Gasteiger partial charge in [0.1, 0.15) is 11.5 Å². The molecule has 2 aromatic rings. The normalized spacial score (nSPS) is 10.1. The average molecular weight is 270 g/mol. The summed E-state index contributed by atoms with van der Waals surface area (Å²) >= 11 is 0. The summed E-state index contributed by atoms with van der Waals surface area (Å²) in [5.41, 5.74) is 2.19. The maximum Gasteiger partial charge on any atom is 0.310 e. The number of carbonyl (C=O) groups excluding carboxylic acids is 1. The summed E-state index contributed by atoms with van der Waals surface area (Å²) in [6.45, 7) is 1.78. The van der Waals surface area contributed by atoms with Gasteiger partial charge in [0.15, 0.2) is 0 Å². The topological polar surface area (TPSA) is 35.5 Å². The van der Waals surface area contributed by atoms with Crippen LogP contribution in [0, 0.1) is 0 Å². The highest BCUT2D eigenvalue weighted by Crippen LogP contribution is 2.23. The maximum atomic E-state index is 11.3. The molecule has 0 radical (unpaired) electrons. The van der Waals surface area contributed by atoms with E-state index in [1.54, 1.807) is 20.1 Å². The number of carbonyl (C=O) groups is 1. The molecule has 2 aromatic carbocycles. The lowest BCUT2D eigenvalue weighted by Crippen LogP contribution is -2.05. The Morgan fingerprint density at radius 3 is 2.65 bits per heavy atom. The first-order chi connectivity index (χ1) is 9.72. The molecule has 0 amide bonds. The van der Waals surface area contributed by atoms with Gasteiger partial charge in [-0.1, -0.05) is 37.3 Å². The second-order valence-electron chi connectivity index (χ2n) is 4.46. The number of methoxy groups -OCH3 is 1. The Kier molecular flexibility index (Phi) is 4.77. The van der Waals surface area contributed by atoms with Gasteiger partial charge in [-0.2, -0.15) is 0 Å². The van der Waals surface area contributed by atoms with Gasteiger partial charge in [-0.15, -0.1) is 0 Å². The summed E-state index contributed by atoms with van der Waals surface area (Å²) in [7, 11) is 1.66. The molecule has 0 aromatic heterocycles. The summed E-state index contributed by atoms with van der Waals surface area (Å²) < 4.78 is 10.6. The standard InChI is InChI=1S/C17H18O3/c1-3-17(18)20-15-9-6-7-13(12-15)11-14-8-4-5-10-16(14)19-2/h4-10,12H,3,11H2,1-2H3. The van der Waals surface area contributed by atoms with Crippen LogP contribution in [0.2, 0.25) is 0 Å². The Morgan fingerprint density at radius 1 is 1.10 bits per heavy atom. The van der Waals surface area contributed by atoms with Gasteiger partial charge in [-0.05, 0) is 29.3 Å². The maximum absolute atomic E-state index is 11.3. The van der Waals surface area contributed by atoms with E-state index in [1.165, 1.54) is 0 Å². The van der Waals surface area contributed by atoms with Crippen molar-refractivity contribution in [1.82, 2.24) is 0 Å². The summed E-state index contributed by atoms with van der Waals surface area (Å²) in [5, 5.41) is 0. The van der Waals surface area contributed by atoms with Gasteiger partial charge in [-0.3, -0.25) is 4.79 Å². The Balaban J connectivity index is 2.17. The van der Waals surface area contributed by atoms with Crippen molar-refractivity contribution in [3.05, 3.63) is 59.7 Å². The van der Waals surface area contributed by atoms with E-state index in [0.29, 0.717) is 12.2 Å². The number of benzene rings is 2. The van der Waals surface area contributed by atoms with Gasteiger partial charge in [0.2, 0.25) is 0 Å². The van der Waals surface area contributed by atoms with Crippen LogP contribution in [0.1, 0.15) is 24.5 Å². The van der Waals surface area contributed by atoms with Gasteiger partial charge in [0.25, 0.3) is 0 Å². The number of ether oxygens (including phenoxy) is 2. The fourth-order valence-corrected chi connectivity index (χ4v) is 1.99. The van der Waals surface area contributed by atoms with Gasteiger partial charge in [0, 0.05) is 12.8 Å². The smallest absolute Gasteiger partial charge is 0.310 e. The van der Waals surface area contributed by atoms with E-state index in [4.69, 9.17) is 9.47 Å². The number of rotatable bonds is 5. The number of para-hydroxylation sites is 1. The lowest BCUT2D eigenvalue weighted by Gasteiger charge is -2.09. The summed E-state index contributed by atoms with van der Waals surface area (Å²) in [4.78, 5) is 11.3. The Labute approximate surface area is 119 Å². The molecule has 3 heteroatoms. The molecule has 0 heterocycles. The van der Waals surface area contributed by atoms with Crippen molar-refractivity contribution in [3.8, 4) is 11.5 Å². The minimum atomic E-state index is -0.223. The molecule has 0 N–H and O–H groups in total. The van der Waals surface area contributed by atoms with Gasteiger partial charge in [-0.25, -0.2) is 0 Å². The zero-order valence-electron chi connectivity index (χ0n) is 11.8. The molecule has 0 atom stereocenters. The quantitative estimate of drug-likeness (QED) is 0.615. The van der Waals surface area contributed by atoms with Crippen molar-refractivity contribution in [1.29, 1.82) is 0 Å². The first-order valence-electron chi connectivity index (χ1n) is 6.64. The molecule has 0 saturated heterocycles. The second kappa shape index (κ2) is 6.75. The molecule has 0 aliphatic rings. The second-order valence-corrected chi connectivity index (χ2v) is 4.46. The molecule has 0 aliphatic heterocycles. The lowest BCUT2D eigenvalue weighted by atomic mass is 10.0. The largest absolute Gasteiger partial charge is 0.496 e. The Hall–Kier alpha value is -2.29. The highest BCUT2D eigenvalue weighted by molar-refractivity contribution is 5.71. The van der Waals surface area contributed by atoms with E-state index < -0.39 is 0 Å². The van der Waals surface area contributed by atoms with Crippen LogP contribution in [-0.4, -0.2) is 13.1 Å². The molecule has 20 heavy (non-hydrogen) atoms. The van der Waals surface area contributed by atoms with Crippen molar-refractivity contribution in [3.63, 3.8) is 0 Å². The third-order valence-electron chi connectivity index (χ3n) is 3.01. The molecular formula is C17H18O3. The zero-order valence-corrected chi connectivity index (χ0v) is 11.8. The molecule has 0 spiro atoms. The third kappa shape index (κ3) is 3.60. The Bertz CT molecular complexity index is 590. The average Bonchev–Trinajstić information content (AvgIpc) is 2.48. The SMILES string of the molecule is CCC(=O)Oc1cccc(Cc2ccccc2OC)c1. The molecule has 0 unspecified atom stereocenters. The van der Waals surface area contributed by atoms with Crippen LogP contribution in [0.5, 0.6) is 11.5 Å². The molecule has 0 saturated carbocycles. The van der Waals surface area contributed by atoms with Crippen molar-refractivity contribution in [2.75, 3.05) is 7.11 Å². The predicted octanol–water partition coefficient (Wildman–Crippen LogP) is 3.60. The monoisotopic (exact) mass is 270 g/mol. The molecule has 3 nitrogen and oxygen atoms in total. The van der Waals surface area contributed by atoms with E-state index >= 15 is 0 Å². The molecule has 0 aliphatic carbocycles. The van der Waals surface area contributed by atoms with Gasteiger partial charge in [0.05, 0.1) is 7.11 Å². The zero-order chi connectivity index (χ0) is 14.4. The van der Waals surface area contributed by atoms with Crippen LogP contribution in [0.4, 0.5) is 0 Å². The van der Waals surface area contributed by atoms with E-state index in [1.807, 2.05) is 42.5 Å². The highest BCUT2D eigenvalue weighted by atomic mass is 16.5. The summed E-state index contributed by atoms with van der Waals surface area (Å²) in [6.07, 6.45) is 1.11. The van der Waals surface area contributed by atoms with Crippen molar-refractivity contribution in [2.45, 2.75) is 19.8 Å². The summed E-state index contributed by atoms with van der Waals surface area (Å²) in [6, 6.07) is 15.5. The van der Waals surface area contributed by atoms with Crippen LogP contribution in [0.25, 0.3) is 0 Å². The summed E-state index contributed by atoms with van der Waals surface area (Å²) in [5.74, 6) is 1.23. The fourth-order valence-electron chi connectivity index (χ4n) is 1.99. The van der Waals surface area contributed by atoms with Crippen molar-refractivity contribution in [2.24, 2.45) is 0 Å². The minimum absolute atomic E-state index is 0.223. The molecule has 0 fully saturated rings. The van der Waals surface area contributed by atoms with E-state index in [2.05, 4.69) is 0 Å². The fraction of sp³-hybridized carbons (Fsp3) is 0.235. The molecule has 104 valence electrons. The van der Waals surface area contributed by atoms with Gasteiger partial charge < -0.3 is 9.47 Å². The van der Waals surface area contributed by atoms with Crippen LogP contribution in [0.3, 0.4) is 0 Å². The lowest BCUT2D eigenvalue weighted by molar-refractivity contribution is -0.134. The third-order valence-corrected chi connectivity index (χ3v) is 3.01. The first kappa shape index (κ1) is 14.1. The van der Waals surface area contributed by atoms with Gasteiger partial charge >= 0.3 is 5.97 Å². The first-order valence-corrected chi connectivity index (χ1v) is 6.64. The van der Waals surface area contributed by atoms with Crippen LogP contribution in [-0.2, 0) is 11.2 Å². The van der Waals surface area contributed by atoms with Crippen LogP contribution >= 0.6 is 0 Å². The number of hydrogen-bond donors (Lipinski definition) is 0. The highest BCUT2D eigenvalue weighted by Gasteiger charge is 2.06. The number of hydrogen-bond acceptors (Lipinski definition) is 3.